The predicted molar refractivity (Wildman–Crippen MR) is 110 cm³/mol. The number of nitrogens with one attached hydrogen (secondary N) is 1. The summed E-state index contributed by atoms with van der Waals surface area (Å²) in [6, 6.07) is 13.8. The molecular formula is C20H17ClN2O4S. The van der Waals surface area contributed by atoms with Crippen LogP contribution in [0, 0.1) is 0 Å². The van der Waals surface area contributed by atoms with E-state index in [4.69, 9.17) is 16.3 Å². The number of hydrogen-bond donors (Lipinski definition) is 1. The molecule has 0 fully saturated rings. The number of thiophene rings is 1. The van der Waals surface area contributed by atoms with Gasteiger partial charge in [0.05, 0.1) is 5.02 Å². The summed E-state index contributed by atoms with van der Waals surface area (Å²) in [6.07, 6.45) is 0. The van der Waals surface area contributed by atoms with E-state index in [1.54, 1.807) is 38.4 Å². The number of carbonyl (C=O) groups excluding carboxylic acids is 3. The first kappa shape index (κ1) is 19.9. The van der Waals surface area contributed by atoms with Gasteiger partial charge in [0.1, 0.15) is 4.88 Å². The number of carbonyl (C=O) groups is 3. The van der Waals surface area contributed by atoms with Crippen molar-refractivity contribution < 1.29 is 19.1 Å². The van der Waals surface area contributed by atoms with Crippen LogP contribution in [0.3, 0.4) is 0 Å². The van der Waals surface area contributed by atoms with Crippen LogP contribution in [0.15, 0.2) is 48.5 Å². The lowest BCUT2D eigenvalue weighted by Gasteiger charge is -2.11. The van der Waals surface area contributed by atoms with Crippen molar-refractivity contribution >= 4 is 56.5 Å². The highest BCUT2D eigenvalue weighted by Gasteiger charge is 2.19. The van der Waals surface area contributed by atoms with E-state index in [1.807, 2.05) is 24.3 Å². The number of hydrogen-bond acceptors (Lipinski definition) is 5. The van der Waals surface area contributed by atoms with Gasteiger partial charge >= 0.3 is 5.97 Å². The number of halogens is 1. The minimum Gasteiger partial charge on any atom is -0.451 e. The monoisotopic (exact) mass is 416 g/mol. The highest BCUT2D eigenvalue weighted by molar-refractivity contribution is 7.21. The van der Waals surface area contributed by atoms with E-state index in [2.05, 4.69) is 5.32 Å². The van der Waals surface area contributed by atoms with Crippen molar-refractivity contribution in [1.29, 1.82) is 0 Å². The van der Waals surface area contributed by atoms with Crippen molar-refractivity contribution in [2.45, 2.75) is 0 Å². The molecule has 0 aliphatic carbocycles. The number of fused-ring (bicyclic) bond motifs is 1. The Morgan fingerprint density at radius 3 is 2.39 bits per heavy atom. The van der Waals surface area contributed by atoms with E-state index in [1.165, 1.54) is 16.2 Å². The van der Waals surface area contributed by atoms with Crippen LogP contribution in [0.2, 0.25) is 5.02 Å². The maximum atomic E-state index is 12.3. The molecule has 0 aliphatic rings. The number of amides is 2. The number of rotatable bonds is 5. The van der Waals surface area contributed by atoms with E-state index < -0.39 is 18.5 Å². The molecule has 0 aliphatic heterocycles. The van der Waals surface area contributed by atoms with Crippen molar-refractivity contribution in [3.05, 3.63) is 64.0 Å². The zero-order valence-corrected chi connectivity index (χ0v) is 16.8. The first-order valence-corrected chi connectivity index (χ1v) is 9.52. The van der Waals surface area contributed by atoms with Crippen LogP contribution < -0.4 is 5.32 Å². The van der Waals surface area contributed by atoms with Crippen molar-refractivity contribution in [2.24, 2.45) is 0 Å². The lowest BCUT2D eigenvalue weighted by molar-refractivity contribution is -0.119. The highest BCUT2D eigenvalue weighted by Crippen LogP contribution is 2.35. The minimum atomic E-state index is -0.645. The average molecular weight is 417 g/mol. The Kier molecular flexibility index (Phi) is 5.96. The van der Waals surface area contributed by atoms with Crippen LogP contribution >= 0.6 is 22.9 Å². The second kappa shape index (κ2) is 8.41. The molecule has 3 rings (SSSR count). The van der Waals surface area contributed by atoms with Crippen LogP contribution in [-0.2, 0) is 9.53 Å². The molecule has 0 unspecified atom stereocenters. The van der Waals surface area contributed by atoms with Crippen LogP contribution in [0.5, 0.6) is 0 Å². The predicted octanol–water partition coefficient (Wildman–Crippen LogP) is 4.05. The molecule has 1 N–H and O–H groups in total. The SMILES string of the molecule is CN(C)C(=O)c1ccc(NC(=O)COC(=O)c2sc3ccccc3c2Cl)cc1. The second-order valence-electron chi connectivity index (χ2n) is 6.14. The van der Waals surface area contributed by atoms with Crippen molar-refractivity contribution in [2.75, 3.05) is 26.0 Å². The van der Waals surface area contributed by atoms with Crippen LogP contribution in [0.25, 0.3) is 10.1 Å². The summed E-state index contributed by atoms with van der Waals surface area (Å²) in [4.78, 5) is 37.9. The number of nitrogens with zero attached hydrogens (tertiary/aromatic N) is 1. The molecule has 0 radical (unpaired) electrons. The van der Waals surface area contributed by atoms with Gasteiger partial charge < -0.3 is 15.0 Å². The molecule has 0 bridgehead atoms. The van der Waals surface area contributed by atoms with Gasteiger partial charge in [-0.1, -0.05) is 29.8 Å². The standard InChI is InChI=1S/C20H17ClN2O4S/c1-23(2)19(25)12-7-9-13(10-8-12)22-16(24)11-27-20(26)18-17(21)14-5-3-4-6-15(14)28-18/h3-10H,11H2,1-2H3,(H,22,24). The maximum Gasteiger partial charge on any atom is 0.350 e. The van der Waals surface area contributed by atoms with Crippen LogP contribution in [0.4, 0.5) is 5.69 Å². The molecule has 0 atom stereocenters. The Hall–Kier alpha value is -2.90. The van der Waals surface area contributed by atoms with Crippen molar-refractivity contribution in [3.8, 4) is 0 Å². The third kappa shape index (κ3) is 4.32. The van der Waals surface area contributed by atoms with Gasteiger partial charge in [-0.2, -0.15) is 0 Å². The van der Waals surface area contributed by atoms with Gasteiger partial charge in [0.2, 0.25) is 0 Å². The minimum absolute atomic E-state index is 0.132. The first-order chi connectivity index (χ1) is 13.4. The smallest absolute Gasteiger partial charge is 0.350 e. The Morgan fingerprint density at radius 2 is 1.75 bits per heavy atom. The number of anilines is 1. The molecule has 8 heteroatoms. The van der Waals surface area contributed by atoms with Gasteiger partial charge in [0.15, 0.2) is 6.61 Å². The zero-order valence-electron chi connectivity index (χ0n) is 15.2. The summed E-state index contributed by atoms with van der Waals surface area (Å²) in [6.45, 7) is -0.443. The molecule has 0 saturated carbocycles. The summed E-state index contributed by atoms with van der Waals surface area (Å²) in [5, 5.41) is 3.72. The summed E-state index contributed by atoms with van der Waals surface area (Å²) in [5.41, 5.74) is 1.00. The lowest BCUT2D eigenvalue weighted by atomic mass is 10.2. The maximum absolute atomic E-state index is 12.3. The Bertz CT molecular complexity index is 1040. The molecule has 1 aromatic heterocycles. The first-order valence-electron chi connectivity index (χ1n) is 8.32. The van der Waals surface area contributed by atoms with Crippen molar-refractivity contribution in [3.63, 3.8) is 0 Å². The molecular weight excluding hydrogens is 400 g/mol. The number of benzene rings is 2. The third-order valence-corrected chi connectivity index (χ3v) is 5.53. The second-order valence-corrected chi connectivity index (χ2v) is 7.57. The van der Waals surface area contributed by atoms with E-state index in [-0.39, 0.29) is 10.8 Å². The third-order valence-electron chi connectivity index (χ3n) is 3.88. The average Bonchev–Trinajstić information content (AvgIpc) is 3.03. The van der Waals surface area contributed by atoms with Crippen LogP contribution in [-0.4, -0.2) is 43.4 Å². The summed E-state index contributed by atoms with van der Waals surface area (Å²) >= 11 is 7.46. The molecule has 3 aromatic rings. The fourth-order valence-electron chi connectivity index (χ4n) is 2.49. The summed E-state index contributed by atoms with van der Waals surface area (Å²) < 4.78 is 5.95. The largest absolute Gasteiger partial charge is 0.451 e. The molecule has 2 amide bonds. The molecule has 28 heavy (non-hydrogen) atoms. The van der Waals surface area contributed by atoms with E-state index in [0.717, 1.165) is 10.1 Å². The van der Waals surface area contributed by atoms with Gasteiger partial charge in [0, 0.05) is 35.4 Å². The quantitative estimate of drug-likeness (QED) is 0.636. The zero-order chi connectivity index (χ0) is 20.3. The normalized spacial score (nSPS) is 10.5. The Balaban J connectivity index is 1.58. The van der Waals surface area contributed by atoms with E-state index in [9.17, 15) is 14.4 Å². The van der Waals surface area contributed by atoms with E-state index >= 15 is 0 Å². The van der Waals surface area contributed by atoms with Gasteiger partial charge in [-0.05, 0) is 30.3 Å². The summed E-state index contributed by atoms with van der Waals surface area (Å²) in [5.74, 6) is -1.27. The lowest BCUT2D eigenvalue weighted by Crippen LogP contribution is -2.22. The molecule has 2 aromatic carbocycles. The molecule has 0 spiro atoms. The van der Waals surface area contributed by atoms with Gasteiger partial charge in [-0.25, -0.2) is 4.79 Å². The van der Waals surface area contributed by atoms with Gasteiger partial charge in [0.25, 0.3) is 11.8 Å². The van der Waals surface area contributed by atoms with Crippen LogP contribution in [0.1, 0.15) is 20.0 Å². The van der Waals surface area contributed by atoms with Gasteiger partial charge in [-0.3, -0.25) is 9.59 Å². The van der Waals surface area contributed by atoms with Crippen molar-refractivity contribution in [1.82, 2.24) is 4.90 Å². The molecule has 144 valence electrons. The Labute approximate surface area is 170 Å². The Morgan fingerprint density at radius 1 is 1.07 bits per heavy atom. The number of ether oxygens (including phenoxy) is 1. The molecule has 6 nitrogen and oxygen atoms in total. The fourth-order valence-corrected chi connectivity index (χ4v) is 3.90. The fraction of sp³-hybridized carbons (Fsp3) is 0.150. The topological polar surface area (TPSA) is 75.7 Å². The molecule has 1 heterocycles. The highest BCUT2D eigenvalue weighted by atomic mass is 35.5. The molecule has 0 saturated heterocycles. The number of esters is 1. The summed E-state index contributed by atoms with van der Waals surface area (Å²) in [7, 11) is 3.32. The van der Waals surface area contributed by atoms with Gasteiger partial charge in [-0.15, -0.1) is 11.3 Å². The van der Waals surface area contributed by atoms with E-state index in [0.29, 0.717) is 16.3 Å².